The standard InChI is InChI=1S/C13H18N2O3/c1-17-11-4-9(6-14-8-11)3-10-5-12(15-7-10)13(16)18-2/h4,6,8,10,12,15H,3,5,7H2,1-2H3. The van der Waals surface area contributed by atoms with Crippen LogP contribution in [0.1, 0.15) is 12.0 Å². The Kier molecular flexibility index (Phi) is 4.15. The fourth-order valence-electron chi connectivity index (χ4n) is 2.31. The summed E-state index contributed by atoms with van der Waals surface area (Å²) in [5.74, 6) is 1.02. The predicted octanol–water partition coefficient (Wildman–Crippen LogP) is 0.784. The highest BCUT2D eigenvalue weighted by atomic mass is 16.5. The van der Waals surface area contributed by atoms with Crippen LogP contribution in [0.15, 0.2) is 18.5 Å². The van der Waals surface area contributed by atoms with Gasteiger partial charge in [0.2, 0.25) is 0 Å². The zero-order valence-corrected chi connectivity index (χ0v) is 10.7. The van der Waals surface area contributed by atoms with Crippen molar-refractivity contribution in [1.29, 1.82) is 0 Å². The SMILES string of the molecule is COC(=O)C1CC(Cc2cncc(OC)c2)CN1. The summed E-state index contributed by atoms with van der Waals surface area (Å²) in [6.07, 6.45) is 5.23. The number of ether oxygens (including phenoxy) is 2. The minimum absolute atomic E-state index is 0.168. The van der Waals surface area contributed by atoms with Crippen LogP contribution in [0.25, 0.3) is 0 Å². The molecule has 1 aromatic heterocycles. The van der Waals surface area contributed by atoms with Crippen LogP contribution in [0, 0.1) is 5.92 Å². The highest BCUT2D eigenvalue weighted by molar-refractivity contribution is 5.76. The van der Waals surface area contributed by atoms with Crippen molar-refractivity contribution in [2.24, 2.45) is 5.92 Å². The molecule has 0 spiro atoms. The van der Waals surface area contributed by atoms with Crippen LogP contribution in [0.2, 0.25) is 0 Å². The second-order valence-corrected chi connectivity index (χ2v) is 4.52. The number of nitrogens with one attached hydrogen (secondary N) is 1. The van der Waals surface area contributed by atoms with Crippen LogP contribution in [0.5, 0.6) is 5.75 Å². The van der Waals surface area contributed by atoms with Gasteiger partial charge in [-0.15, -0.1) is 0 Å². The lowest BCUT2D eigenvalue weighted by Crippen LogP contribution is -2.31. The summed E-state index contributed by atoms with van der Waals surface area (Å²) in [5, 5.41) is 3.18. The van der Waals surface area contributed by atoms with Crippen LogP contribution in [-0.4, -0.2) is 37.8 Å². The smallest absolute Gasteiger partial charge is 0.322 e. The average Bonchev–Trinajstić information content (AvgIpc) is 2.86. The molecule has 5 nitrogen and oxygen atoms in total. The molecule has 0 aliphatic carbocycles. The van der Waals surface area contributed by atoms with Gasteiger partial charge in [0.05, 0.1) is 20.4 Å². The van der Waals surface area contributed by atoms with Gasteiger partial charge in [0.1, 0.15) is 11.8 Å². The van der Waals surface area contributed by atoms with Crippen molar-refractivity contribution in [1.82, 2.24) is 10.3 Å². The van der Waals surface area contributed by atoms with Crippen LogP contribution in [0.4, 0.5) is 0 Å². The van der Waals surface area contributed by atoms with E-state index in [-0.39, 0.29) is 12.0 Å². The van der Waals surface area contributed by atoms with E-state index in [1.807, 2.05) is 12.3 Å². The first-order valence-corrected chi connectivity index (χ1v) is 6.02. The van der Waals surface area contributed by atoms with E-state index >= 15 is 0 Å². The monoisotopic (exact) mass is 250 g/mol. The van der Waals surface area contributed by atoms with Crippen molar-refractivity contribution in [3.05, 3.63) is 24.0 Å². The van der Waals surface area contributed by atoms with Gasteiger partial charge in [0.25, 0.3) is 0 Å². The summed E-state index contributed by atoms with van der Waals surface area (Å²) in [4.78, 5) is 15.5. The predicted molar refractivity (Wildman–Crippen MR) is 66.4 cm³/mol. The minimum Gasteiger partial charge on any atom is -0.495 e. The topological polar surface area (TPSA) is 60.5 Å². The number of rotatable bonds is 4. The number of carbonyl (C=O) groups is 1. The molecule has 18 heavy (non-hydrogen) atoms. The third kappa shape index (κ3) is 2.98. The summed E-state index contributed by atoms with van der Waals surface area (Å²) >= 11 is 0. The highest BCUT2D eigenvalue weighted by Crippen LogP contribution is 2.21. The zero-order valence-electron chi connectivity index (χ0n) is 10.7. The summed E-state index contributed by atoms with van der Waals surface area (Å²) in [7, 11) is 3.05. The summed E-state index contributed by atoms with van der Waals surface area (Å²) in [6, 6.07) is 1.82. The van der Waals surface area contributed by atoms with Crippen LogP contribution < -0.4 is 10.1 Å². The zero-order chi connectivity index (χ0) is 13.0. The van der Waals surface area contributed by atoms with E-state index in [1.165, 1.54) is 7.11 Å². The molecule has 1 N–H and O–H groups in total. The van der Waals surface area contributed by atoms with Gasteiger partial charge < -0.3 is 14.8 Å². The van der Waals surface area contributed by atoms with E-state index in [1.54, 1.807) is 13.3 Å². The molecule has 0 radical (unpaired) electrons. The van der Waals surface area contributed by atoms with Gasteiger partial charge >= 0.3 is 5.97 Å². The Balaban J connectivity index is 1.92. The van der Waals surface area contributed by atoms with Crippen LogP contribution >= 0.6 is 0 Å². The molecule has 0 amide bonds. The number of aromatic nitrogens is 1. The fourth-order valence-corrected chi connectivity index (χ4v) is 2.31. The van der Waals surface area contributed by atoms with Gasteiger partial charge in [0.15, 0.2) is 0 Å². The highest BCUT2D eigenvalue weighted by Gasteiger charge is 2.29. The van der Waals surface area contributed by atoms with E-state index in [0.29, 0.717) is 5.92 Å². The van der Waals surface area contributed by atoms with Crippen molar-refractivity contribution >= 4 is 5.97 Å². The first kappa shape index (κ1) is 12.8. The van der Waals surface area contributed by atoms with Crippen molar-refractivity contribution < 1.29 is 14.3 Å². The normalized spacial score (nSPS) is 22.8. The molecule has 98 valence electrons. The van der Waals surface area contributed by atoms with Gasteiger partial charge in [-0.3, -0.25) is 9.78 Å². The van der Waals surface area contributed by atoms with E-state index in [9.17, 15) is 4.79 Å². The molecule has 0 bridgehead atoms. The molecule has 1 aliphatic heterocycles. The fraction of sp³-hybridized carbons (Fsp3) is 0.538. The number of methoxy groups -OCH3 is 2. The van der Waals surface area contributed by atoms with Gasteiger partial charge in [-0.2, -0.15) is 0 Å². The lowest BCUT2D eigenvalue weighted by atomic mass is 9.97. The quantitative estimate of drug-likeness (QED) is 0.800. The van der Waals surface area contributed by atoms with E-state index in [4.69, 9.17) is 9.47 Å². The van der Waals surface area contributed by atoms with Crippen molar-refractivity contribution in [2.75, 3.05) is 20.8 Å². The number of hydrogen-bond donors (Lipinski definition) is 1. The molecule has 1 saturated heterocycles. The van der Waals surface area contributed by atoms with Gasteiger partial charge in [-0.1, -0.05) is 0 Å². The Bertz CT molecular complexity index is 422. The van der Waals surface area contributed by atoms with E-state index in [2.05, 4.69) is 10.3 Å². The number of pyridine rings is 1. The Labute approximate surface area is 107 Å². The van der Waals surface area contributed by atoms with Gasteiger partial charge in [0, 0.05) is 6.20 Å². The third-order valence-electron chi connectivity index (χ3n) is 3.24. The number of hydrogen-bond acceptors (Lipinski definition) is 5. The van der Waals surface area contributed by atoms with E-state index in [0.717, 1.165) is 30.7 Å². The molecule has 5 heteroatoms. The van der Waals surface area contributed by atoms with E-state index < -0.39 is 0 Å². The Morgan fingerprint density at radius 3 is 3.06 bits per heavy atom. The molecular weight excluding hydrogens is 232 g/mol. The lowest BCUT2D eigenvalue weighted by molar-refractivity contribution is -0.142. The molecule has 1 aromatic rings. The van der Waals surface area contributed by atoms with Crippen LogP contribution in [0.3, 0.4) is 0 Å². The summed E-state index contributed by atoms with van der Waals surface area (Å²) < 4.78 is 9.88. The largest absolute Gasteiger partial charge is 0.495 e. The average molecular weight is 250 g/mol. The maximum Gasteiger partial charge on any atom is 0.322 e. The Hall–Kier alpha value is -1.62. The first-order chi connectivity index (χ1) is 8.72. The van der Waals surface area contributed by atoms with Gasteiger partial charge in [-0.25, -0.2) is 0 Å². The maximum absolute atomic E-state index is 11.4. The minimum atomic E-state index is -0.179. The molecule has 1 aliphatic rings. The molecule has 0 aromatic carbocycles. The number of carbonyl (C=O) groups excluding carboxylic acids is 1. The van der Waals surface area contributed by atoms with Crippen molar-refractivity contribution in [2.45, 2.75) is 18.9 Å². The molecule has 2 rings (SSSR count). The van der Waals surface area contributed by atoms with Crippen molar-refractivity contribution in [3.63, 3.8) is 0 Å². The van der Waals surface area contributed by atoms with Crippen molar-refractivity contribution in [3.8, 4) is 5.75 Å². The maximum atomic E-state index is 11.4. The lowest BCUT2D eigenvalue weighted by Gasteiger charge is -2.09. The molecular formula is C13H18N2O3. The third-order valence-corrected chi connectivity index (χ3v) is 3.24. The molecule has 2 heterocycles. The number of nitrogens with zero attached hydrogens (tertiary/aromatic N) is 1. The molecule has 0 saturated carbocycles. The Morgan fingerprint density at radius 2 is 2.33 bits per heavy atom. The Morgan fingerprint density at radius 1 is 1.50 bits per heavy atom. The first-order valence-electron chi connectivity index (χ1n) is 6.02. The van der Waals surface area contributed by atoms with Crippen LogP contribution in [-0.2, 0) is 16.0 Å². The second-order valence-electron chi connectivity index (χ2n) is 4.52. The molecule has 1 fully saturated rings. The van der Waals surface area contributed by atoms with Gasteiger partial charge in [-0.05, 0) is 36.9 Å². The molecule has 2 unspecified atom stereocenters. The molecule has 2 atom stereocenters. The summed E-state index contributed by atoms with van der Waals surface area (Å²) in [5.41, 5.74) is 1.13. The number of esters is 1. The second kappa shape index (κ2) is 5.82. The summed E-state index contributed by atoms with van der Waals surface area (Å²) in [6.45, 7) is 0.830.